The third-order valence-electron chi connectivity index (χ3n) is 3.53. The molecule has 21 heavy (non-hydrogen) atoms. The van der Waals surface area contributed by atoms with Crippen molar-refractivity contribution in [3.63, 3.8) is 0 Å². The second-order valence-corrected chi connectivity index (χ2v) is 7.39. The van der Waals surface area contributed by atoms with Crippen LogP contribution in [-0.4, -0.2) is 24.2 Å². The van der Waals surface area contributed by atoms with Crippen molar-refractivity contribution in [1.29, 1.82) is 0 Å². The maximum absolute atomic E-state index is 12.7. The number of carbonyl (C=O) groups is 1. The van der Waals surface area contributed by atoms with Gasteiger partial charge in [0.05, 0.1) is 6.26 Å². The fourth-order valence-corrected chi connectivity index (χ4v) is 3.90. The highest BCUT2D eigenvalue weighted by Gasteiger charge is 2.48. The first-order chi connectivity index (χ1) is 9.79. The molecule has 1 N–H and O–H groups in total. The molecule has 1 aromatic heterocycles. The van der Waals surface area contributed by atoms with Crippen molar-refractivity contribution in [2.24, 2.45) is 0 Å². The van der Waals surface area contributed by atoms with Crippen LogP contribution in [0.1, 0.15) is 18.2 Å². The number of benzene rings is 1. The molecule has 0 aliphatic rings. The van der Waals surface area contributed by atoms with E-state index < -0.39 is 20.6 Å². The van der Waals surface area contributed by atoms with Gasteiger partial charge in [0, 0.05) is 6.42 Å². The molecule has 0 aliphatic carbocycles. The lowest BCUT2D eigenvalue weighted by molar-refractivity contribution is -0.139. The van der Waals surface area contributed by atoms with Crippen molar-refractivity contribution in [1.82, 2.24) is 0 Å². The Hall–Kier alpha value is -2.08. The summed E-state index contributed by atoms with van der Waals surface area (Å²) in [4.78, 5) is 11.6. The number of carboxylic acids is 1. The average molecular weight is 308 g/mol. The van der Waals surface area contributed by atoms with Crippen molar-refractivity contribution in [2.75, 3.05) is 0 Å². The summed E-state index contributed by atoms with van der Waals surface area (Å²) in [7, 11) is -4.08. The summed E-state index contributed by atoms with van der Waals surface area (Å²) in [6, 6.07) is 9.98. The number of hydrogen-bond donors (Lipinski definition) is 1. The van der Waals surface area contributed by atoms with Gasteiger partial charge in [-0.05, 0) is 25.5 Å². The molecular weight excluding hydrogens is 292 g/mol. The van der Waals surface area contributed by atoms with Gasteiger partial charge in [-0.2, -0.15) is 0 Å². The lowest BCUT2D eigenvalue weighted by Gasteiger charge is -2.24. The molecular formula is C15H16O5S. The van der Waals surface area contributed by atoms with Crippen LogP contribution in [0.4, 0.5) is 0 Å². The third kappa shape index (κ3) is 2.58. The van der Waals surface area contributed by atoms with Crippen LogP contribution >= 0.6 is 0 Å². The Balaban J connectivity index is 2.53. The lowest BCUT2D eigenvalue weighted by Crippen LogP contribution is -2.45. The zero-order valence-electron chi connectivity index (χ0n) is 11.7. The maximum atomic E-state index is 12.7. The van der Waals surface area contributed by atoms with Crippen molar-refractivity contribution in [2.45, 2.75) is 29.9 Å². The van der Waals surface area contributed by atoms with Gasteiger partial charge in [-0.25, -0.2) is 8.42 Å². The molecule has 1 unspecified atom stereocenters. The zero-order valence-corrected chi connectivity index (χ0v) is 12.6. The first kappa shape index (κ1) is 15.3. The first-order valence-corrected chi connectivity index (χ1v) is 7.83. The van der Waals surface area contributed by atoms with E-state index in [1.165, 1.54) is 26.2 Å². The highest BCUT2D eigenvalue weighted by molar-refractivity contribution is 7.93. The molecule has 0 fully saturated rings. The van der Waals surface area contributed by atoms with Crippen molar-refractivity contribution < 1.29 is 22.7 Å². The number of aryl methyl sites for hydroxylation is 1. The predicted molar refractivity (Wildman–Crippen MR) is 76.8 cm³/mol. The molecule has 1 atom stereocenters. The predicted octanol–water partition coefficient (Wildman–Crippen LogP) is 2.45. The minimum Gasteiger partial charge on any atom is -0.480 e. The second kappa shape index (κ2) is 5.37. The van der Waals surface area contributed by atoms with Gasteiger partial charge in [0.1, 0.15) is 10.7 Å². The van der Waals surface area contributed by atoms with E-state index in [1.54, 1.807) is 30.3 Å². The lowest BCUT2D eigenvalue weighted by atomic mass is 10.0. The molecule has 0 amide bonds. The van der Waals surface area contributed by atoms with Gasteiger partial charge in [0.25, 0.3) is 0 Å². The summed E-state index contributed by atoms with van der Waals surface area (Å²) in [5.41, 5.74) is 0.645. The van der Waals surface area contributed by atoms with Crippen LogP contribution in [0.25, 0.3) is 0 Å². The quantitative estimate of drug-likeness (QED) is 0.917. The summed E-state index contributed by atoms with van der Waals surface area (Å²) in [6.07, 6.45) is 1.13. The van der Waals surface area contributed by atoms with Gasteiger partial charge >= 0.3 is 5.97 Å². The van der Waals surface area contributed by atoms with E-state index in [4.69, 9.17) is 4.42 Å². The summed E-state index contributed by atoms with van der Waals surface area (Å²) in [6.45, 7) is 2.72. The maximum Gasteiger partial charge on any atom is 0.325 e. The normalized spacial score (nSPS) is 14.6. The molecule has 0 bridgehead atoms. The van der Waals surface area contributed by atoms with Crippen LogP contribution < -0.4 is 0 Å². The molecule has 2 rings (SSSR count). The summed E-state index contributed by atoms with van der Waals surface area (Å²) >= 11 is 0. The Morgan fingerprint density at radius 1 is 1.24 bits per heavy atom. The Morgan fingerprint density at radius 2 is 1.86 bits per heavy atom. The number of furan rings is 1. The van der Waals surface area contributed by atoms with Gasteiger partial charge in [-0.1, -0.05) is 30.3 Å². The van der Waals surface area contributed by atoms with Gasteiger partial charge in [0.2, 0.25) is 0 Å². The fourth-order valence-electron chi connectivity index (χ4n) is 2.17. The van der Waals surface area contributed by atoms with E-state index >= 15 is 0 Å². The highest BCUT2D eigenvalue weighted by atomic mass is 32.2. The van der Waals surface area contributed by atoms with E-state index in [1.807, 2.05) is 0 Å². The van der Waals surface area contributed by atoms with Gasteiger partial charge in [0.15, 0.2) is 14.6 Å². The Kier molecular flexibility index (Phi) is 3.91. The van der Waals surface area contributed by atoms with Crippen LogP contribution in [0.2, 0.25) is 0 Å². The van der Waals surface area contributed by atoms with E-state index in [9.17, 15) is 18.3 Å². The largest absolute Gasteiger partial charge is 0.480 e. The van der Waals surface area contributed by atoms with Crippen molar-refractivity contribution in [3.05, 3.63) is 54.0 Å². The molecule has 0 saturated carbocycles. The molecule has 6 heteroatoms. The van der Waals surface area contributed by atoms with Crippen LogP contribution in [0.3, 0.4) is 0 Å². The Morgan fingerprint density at radius 3 is 2.33 bits per heavy atom. The van der Waals surface area contributed by atoms with E-state index in [0.717, 1.165) is 0 Å². The fraction of sp³-hybridized carbons (Fsp3) is 0.267. The van der Waals surface area contributed by atoms with Crippen LogP contribution in [0.5, 0.6) is 0 Å². The summed E-state index contributed by atoms with van der Waals surface area (Å²) in [5, 5.41) is 9.51. The molecule has 2 aromatic rings. The number of aliphatic carboxylic acids is 1. The molecule has 1 heterocycles. The number of carboxylic acid groups (broad SMARTS) is 1. The average Bonchev–Trinajstić information content (AvgIpc) is 2.86. The highest BCUT2D eigenvalue weighted by Crippen LogP contribution is 2.32. The monoisotopic (exact) mass is 308 g/mol. The number of rotatable bonds is 5. The third-order valence-corrected chi connectivity index (χ3v) is 6.04. The van der Waals surface area contributed by atoms with Crippen LogP contribution in [0.15, 0.2) is 52.0 Å². The molecule has 0 spiro atoms. The smallest absolute Gasteiger partial charge is 0.325 e. The van der Waals surface area contributed by atoms with Crippen LogP contribution in [-0.2, 0) is 21.1 Å². The topological polar surface area (TPSA) is 84.6 Å². The van der Waals surface area contributed by atoms with Crippen LogP contribution in [0, 0.1) is 6.92 Å². The number of sulfone groups is 1. The molecule has 0 aliphatic heterocycles. The molecule has 0 saturated heterocycles. The first-order valence-electron chi connectivity index (χ1n) is 6.35. The standard InChI is InChI=1S/C15H16O5S/c1-11-13(8-9-20-11)21(18,19)15(2,14(16)17)10-12-6-4-3-5-7-12/h3-9H,10H2,1-2H3,(H,16,17). The summed E-state index contributed by atoms with van der Waals surface area (Å²) in [5.74, 6) is -1.19. The van der Waals surface area contributed by atoms with Gasteiger partial charge < -0.3 is 9.52 Å². The zero-order chi connectivity index (χ0) is 15.7. The Labute approximate surface area is 123 Å². The molecule has 0 radical (unpaired) electrons. The molecule has 1 aromatic carbocycles. The molecule has 5 nitrogen and oxygen atoms in total. The Bertz CT molecular complexity index is 745. The minimum atomic E-state index is -4.08. The van der Waals surface area contributed by atoms with Crippen molar-refractivity contribution >= 4 is 15.8 Å². The van der Waals surface area contributed by atoms with Gasteiger partial charge in [-0.15, -0.1) is 0 Å². The van der Waals surface area contributed by atoms with E-state index in [2.05, 4.69) is 0 Å². The second-order valence-electron chi connectivity index (χ2n) is 5.04. The number of hydrogen-bond acceptors (Lipinski definition) is 4. The van der Waals surface area contributed by atoms with E-state index in [-0.39, 0.29) is 17.1 Å². The SMILES string of the molecule is Cc1occc1S(=O)(=O)C(C)(Cc1ccccc1)C(=O)O. The van der Waals surface area contributed by atoms with E-state index in [0.29, 0.717) is 5.56 Å². The minimum absolute atomic E-state index is 0.0802. The molecule has 112 valence electrons. The summed E-state index contributed by atoms with van der Waals surface area (Å²) < 4.78 is 28.5. The van der Waals surface area contributed by atoms with Crippen molar-refractivity contribution in [3.8, 4) is 0 Å². The van der Waals surface area contributed by atoms with Gasteiger partial charge in [-0.3, -0.25) is 4.79 Å².